The predicted octanol–water partition coefficient (Wildman–Crippen LogP) is 5.15. The molecule has 2 aliphatic rings. The normalized spacial score (nSPS) is 21.1. The number of methoxy groups -OCH3 is 2. The second-order valence-electron chi connectivity index (χ2n) is 6.47. The molecule has 3 aromatic carbocycles. The topological polar surface area (TPSA) is 18.5 Å². The van der Waals surface area contributed by atoms with Crippen LogP contribution in [0, 0.1) is 0 Å². The average molecular weight is 302 g/mol. The van der Waals surface area contributed by atoms with E-state index >= 15 is 0 Å². The molecule has 0 aromatic heterocycles. The van der Waals surface area contributed by atoms with E-state index in [0.29, 0.717) is 11.8 Å². The number of allylic oxidation sites excluding steroid dienone is 2. The quantitative estimate of drug-likeness (QED) is 0.481. The highest BCUT2D eigenvalue weighted by Gasteiger charge is 2.39. The van der Waals surface area contributed by atoms with Gasteiger partial charge in [0.25, 0.3) is 0 Å². The molecule has 2 bridgehead atoms. The third-order valence-electron chi connectivity index (χ3n) is 5.39. The van der Waals surface area contributed by atoms with Gasteiger partial charge in [0.15, 0.2) is 0 Å². The maximum atomic E-state index is 5.88. The fourth-order valence-electron chi connectivity index (χ4n) is 4.45. The standard InChI is InChI=1S/C21H18O2/c1-22-20-16-10-12-5-3-4-6-13(12)11-17(16)21(23-2)19-15-8-7-14(9-15)18(19)20/h3-8,10-11,14-15H,9H2,1-2H3. The number of benzene rings is 3. The molecular formula is C21H18O2. The molecule has 5 rings (SSSR count). The van der Waals surface area contributed by atoms with E-state index in [-0.39, 0.29) is 0 Å². The van der Waals surface area contributed by atoms with Crippen LogP contribution < -0.4 is 9.47 Å². The van der Waals surface area contributed by atoms with Crippen molar-refractivity contribution in [2.45, 2.75) is 18.3 Å². The third-order valence-corrected chi connectivity index (χ3v) is 5.39. The maximum absolute atomic E-state index is 5.88. The summed E-state index contributed by atoms with van der Waals surface area (Å²) < 4.78 is 11.8. The monoisotopic (exact) mass is 302 g/mol. The molecule has 2 nitrogen and oxygen atoms in total. The lowest BCUT2D eigenvalue weighted by Gasteiger charge is -2.21. The van der Waals surface area contributed by atoms with E-state index in [4.69, 9.17) is 9.47 Å². The van der Waals surface area contributed by atoms with Crippen molar-refractivity contribution >= 4 is 21.5 Å². The minimum Gasteiger partial charge on any atom is -0.496 e. The Morgan fingerprint density at radius 1 is 0.783 bits per heavy atom. The Hall–Kier alpha value is -2.48. The first-order valence-electron chi connectivity index (χ1n) is 8.10. The largest absolute Gasteiger partial charge is 0.496 e. The van der Waals surface area contributed by atoms with Crippen molar-refractivity contribution in [3.8, 4) is 11.5 Å². The van der Waals surface area contributed by atoms with Crippen molar-refractivity contribution in [2.75, 3.05) is 14.2 Å². The van der Waals surface area contributed by atoms with Crippen molar-refractivity contribution in [1.29, 1.82) is 0 Å². The first-order valence-corrected chi connectivity index (χ1v) is 8.10. The van der Waals surface area contributed by atoms with Gasteiger partial charge in [-0.25, -0.2) is 0 Å². The molecule has 2 atom stereocenters. The van der Waals surface area contributed by atoms with Crippen LogP contribution >= 0.6 is 0 Å². The maximum Gasteiger partial charge on any atom is 0.131 e. The van der Waals surface area contributed by atoms with Crippen LogP contribution in [-0.4, -0.2) is 14.2 Å². The SMILES string of the molecule is COc1c2c(c(OC)c3cc4ccccc4cc13)C1C=CC2C1. The van der Waals surface area contributed by atoms with E-state index in [0.717, 1.165) is 28.7 Å². The molecule has 0 aliphatic heterocycles. The van der Waals surface area contributed by atoms with Gasteiger partial charge in [-0.1, -0.05) is 36.4 Å². The van der Waals surface area contributed by atoms with Crippen LogP contribution in [0.15, 0.2) is 48.6 Å². The van der Waals surface area contributed by atoms with Crippen LogP contribution in [0.4, 0.5) is 0 Å². The third kappa shape index (κ3) is 1.58. The summed E-state index contributed by atoms with van der Waals surface area (Å²) in [5.41, 5.74) is 2.67. The van der Waals surface area contributed by atoms with Gasteiger partial charge < -0.3 is 9.47 Å². The van der Waals surface area contributed by atoms with Crippen molar-refractivity contribution in [2.24, 2.45) is 0 Å². The van der Waals surface area contributed by atoms with Crippen molar-refractivity contribution in [3.63, 3.8) is 0 Å². The summed E-state index contributed by atoms with van der Waals surface area (Å²) in [7, 11) is 3.57. The second-order valence-corrected chi connectivity index (χ2v) is 6.47. The number of hydrogen-bond acceptors (Lipinski definition) is 2. The Kier molecular flexibility index (Phi) is 2.55. The van der Waals surface area contributed by atoms with Gasteiger partial charge in [-0.05, 0) is 29.3 Å². The summed E-state index contributed by atoms with van der Waals surface area (Å²) in [4.78, 5) is 0. The van der Waals surface area contributed by atoms with Gasteiger partial charge in [0.2, 0.25) is 0 Å². The molecule has 3 aromatic rings. The minimum atomic E-state index is 0.467. The van der Waals surface area contributed by atoms with Crippen LogP contribution in [0.25, 0.3) is 21.5 Å². The molecule has 2 aliphatic carbocycles. The first kappa shape index (κ1) is 13.0. The molecule has 2 unspecified atom stereocenters. The van der Waals surface area contributed by atoms with E-state index in [1.165, 1.54) is 21.9 Å². The van der Waals surface area contributed by atoms with Gasteiger partial charge in [-0.3, -0.25) is 0 Å². The van der Waals surface area contributed by atoms with E-state index in [1.807, 2.05) is 0 Å². The van der Waals surface area contributed by atoms with Crippen LogP contribution in [0.5, 0.6) is 11.5 Å². The minimum absolute atomic E-state index is 0.467. The fraction of sp³-hybridized carbons (Fsp3) is 0.238. The first-order chi connectivity index (χ1) is 11.3. The fourth-order valence-corrected chi connectivity index (χ4v) is 4.45. The molecule has 2 heteroatoms. The molecule has 0 saturated carbocycles. The van der Waals surface area contributed by atoms with Crippen LogP contribution in [-0.2, 0) is 0 Å². The Morgan fingerprint density at radius 2 is 1.26 bits per heavy atom. The zero-order valence-electron chi connectivity index (χ0n) is 13.3. The van der Waals surface area contributed by atoms with E-state index in [9.17, 15) is 0 Å². The van der Waals surface area contributed by atoms with Gasteiger partial charge in [0.1, 0.15) is 11.5 Å². The summed E-state index contributed by atoms with van der Waals surface area (Å²) in [6.07, 6.45) is 5.79. The van der Waals surface area contributed by atoms with Crippen molar-refractivity contribution in [3.05, 3.63) is 59.7 Å². The number of ether oxygens (including phenoxy) is 2. The van der Waals surface area contributed by atoms with E-state index in [2.05, 4.69) is 48.6 Å². The van der Waals surface area contributed by atoms with Gasteiger partial charge in [-0.15, -0.1) is 0 Å². The Bertz CT molecular complexity index is 906. The van der Waals surface area contributed by atoms with Gasteiger partial charge in [0.05, 0.1) is 14.2 Å². The molecule has 0 saturated heterocycles. The number of fused-ring (bicyclic) bond motifs is 7. The Morgan fingerprint density at radius 3 is 1.70 bits per heavy atom. The number of hydrogen-bond donors (Lipinski definition) is 0. The van der Waals surface area contributed by atoms with Crippen LogP contribution in [0.3, 0.4) is 0 Å². The highest BCUT2D eigenvalue weighted by atomic mass is 16.5. The molecule has 0 heterocycles. The average Bonchev–Trinajstić information content (AvgIpc) is 3.20. The van der Waals surface area contributed by atoms with Crippen LogP contribution in [0.2, 0.25) is 0 Å². The lowest BCUT2D eigenvalue weighted by atomic mass is 9.89. The second kappa shape index (κ2) is 4.51. The zero-order chi connectivity index (χ0) is 15.6. The summed E-state index contributed by atoms with van der Waals surface area (Å²) in [6, 6.07) is 12.9. The molecular weight excluding hydrogens is 284 g/mol. The summed E-state index contributed by atoms with van der Waals surface area (Å²) in [5, 5.41) is 4.78. The molecule has 0 spiro atoms. The van der Waals surface area contributed by atoms with E-state index in [1.54, 1.807) is 14.2 Å². The van der Waals surface area contributed by atoms with Crippen molar-refractivity contribution in [1.82, 2.24) is 0 Å². The molecule has 114 valence electrons. The molecule has 0 N–H and O–H groups in total. The zero-order valence-corrected chi connectivity index (χ0v) is 13.3. The Labute approximate surface area is 135 Å². The van der Waals surface area contributed by atoms with Crippen LogP contribution in [0.1, 0.15) is 29.4 Å². The highest BCUT2D eigenvalue weighted by Crippen LogP contribution is 2.58. The summed E-state index contributed by atoms with van der Waals surface area (Å²) >= 11 is 0. The Balaban J connectivity index is 1.99. The summed E-state index contributed by atoms with van der Waals surface area (Å²) in [6.45, 7) is 0. The van der Waals surface area contributed by atoms with Gasteiger partial charge >= 0.3 is 0 Å². The summed E-state index contributed by atoms with van der Waals surface area (Å²) in [5.74, 6) is 2.99. The predicted molar refractivity (Wildman–Crippen MR) is 93.8 cm³/mol. The lowest BCUT2D eigenvalue weighted by Crippen LogP contribution is -2.02. The number of rotatable bonds is 2. The van der Waals surface area contributed by atoms with Crippen molar-refractivity contribution < 1.29 is 9.47 Å². The molecule has 0 amide bonds. The highest BCUT2D eigenvalue weighted by molar-refractivity contribution is 6.05. The molecule has 23 heavy (non-hydrogen) atoms. The van der Waals surface area contributed by atoms with E-state index < -0.39 is 0 Å². The molecule has 0 radical (unpaired) electrons. The smallest absolute Gasteiger partial charge is 0.131 e. The molecule has 0 fully saturated rings. The van der Waals surface area contributed by atoms with Gasteiger partial charge in [-0.2, -0.15) is 0 Å². The van der Waals surface area contributed by atoms with Gasteiger partial charge in [0, 0.05) is 33.7 Å². The lowest BCUT2D eigenvalue weighted by molar-refractivity contribution is 0.404.